The number of sulfonamides is 1. The van der Waals surface area contributed by atoms with E-state index in [1.54, 1.807) is 12.1 Å². The Labute approximate surface area is 137 Å². The van der Waals surface area contributed by atoms with Crippen LogP contribution in [0, 0.1) is 0 Å². The molecule has 0 bridgehead atoms. The van der Waals surface area contributed by atoms with Gasteiger partial charge in [0.15, 0.2) is 11.5 Å². The summed E-state index contributed by atoms with van der Waals surface area (Å²) in [7, 11) is -3.54. The Morgan fingerprint density at radius 1 is 1.17 bits per heavy atom. The van der Waals surface area contributed by atoms with Crippen LogP contribution in [0.25, 0.3) is 0 Å². The number of hydrogen-bond donors (Lipinski definition) is 1. The molecular formula is C16H24N2O4S. The Morgan fingerprint density at radius 2 is 1.87 bits per heavy atom. The SMILES string of the molecule is CC[C@H](CNS(=O)(=O)c1ccc2c(c1)OCCO2)N1CCCC1. The molecule has 0 spiro atoms. The monoisotopic (exact) mass is 340 g/mol. The van der Waals surface area contributed by atoms with Gasteiger partial charge in [0.2, 0.25) is 10.0 Å². The largest absolute Gasteiger partial charge is 0.486 e. The quantitative estimate of drug-likeness (QED) is 0.852. The summed E-state index contributed by atoms with van der Waals surface area (Å²) in [6.45, 7) is 5.59. The Bertz CT molecular complexity index is 641. The van der Waals surface area contributed by atoms with Crippen molar-refractivity contribution in [2.75, 3.05) is 32.8 Å². The van der Waals surface area contributed by atoms with Gasteiger partial charge in [-0.2, -0.15) is 0 Å². The third kappa shape index (κ3) is 3.79. The van der Waals surface area contributed by atoms with Crippen LogP contribution in [0.2, 0.25) is 0 Å². The highest BCUT2D eigenvalue weighted by Crippen LogP contribution is 2.32. The zero-order valence-electron chi connectivity index (χ0n) is 13.5. The van der Waals surface area contributed by atoms with Crippen LogP contribution < -0.4 is 14.2 Å². The maximum Gasteiger partial charge on any atom is 0.240 e. The van der Waals surface area contributed by atoms with Crippen molar-refractivity contribution < 1.29 is 17.9 Å². The van der Waals surface area contributed by atoms with Gasteiger partial charge in [-0.25, -0.2) is 13.1 Å². The molecule has 1 saturated heterocycles. The van der Waals surface area contributed by atoms with Crippen molar-refractivity contribution in [3.05, 3.63) is 18.2 Å². The molecule has 2 heterocycles. The highest BCUT2D eigenvalue weighted by molar-refractivity contribution is 7.89. The maximum atomic E-state index is 12.5. The topological polar surface area (TPSA) is 67.9 Å². The zero-order chi connectivity index (χ0) is 16.3. The first-order chi connectivity index (χ1) is 11.1. The molecule has 0 unspecified atom stereocenters. The number of benzene rings is 1. The summed E-state index contributed by atoms with van der Waals surface area (Å²) in [5.74, 6) is 1.09. The van der Waals surface area contributed by atoms with Crippen molar-refractivity contribution in [3.63, 3.8) is 0 Å². The fourth-order valence-corrected chi connectivity index (χ4v) is 4.21. The van der Waals surface area contributed by atoms with E-state index in [1.807, 2.05) is 0 Å². The van der Waals surface area contributed by atoms with E-state index in [0.29, 0.717) is 31.3 Å². The molecule has 1 N–H and O–H groups in total. The first-order valence-corrected chi connectivity index (χ1v) is 9.72. The van der Waals surface area contributed by atoms with E-state index in [2.05, 4.69) is 16.5 Å². The molecule has 128 valence electrons. The van der Waals surface area contributed by atoms with E-state index in [4.69, 9.17) is 9.47 Å². The molecule has 0 aliphatic carbocycles. The van der Waals surface area contributed by atoms with Gasteiger partial charge in [-0.1, -0.05) is 6.92 Å². The summed E-state index contributed by atoms with van der Waals surface area (Å²) < 4.78 is 38.7. The summed E-state index contributed by atoms with van der Waals surface area (Å²) in [6.07, 6.45) is 3.33. The fourth-order valence-electron chi connectivity index (χ4n) is 3.12. The molecule has 23 heavy (non-hydrogen) atoms. The van der Waals surface area contributed by atoms with Crippen molar-refractivity contribution >= 4 is 10.0 Å². The molecule has 0 saturated carbocycles. The standard InChI is InChI=1S/C16H24N2O4S/c1-2-13(18-7-3-4-8-18)12-17-23(19,20)14-5-6-15-16(11-14)22-10-9-21-15/h5-6,11,13,17H,2-4,7-10,12H2,1H3/t13-/m1/s1. The normalized spacial score (nSPS) is 19.7. The highest BCUT2D eigenvalue weighted by Gasteiger charge is 2.24. The summed E-state index contributed by atoms with van der Waals surface area (Å²) in [6, 6.07) is 5.01. The minimum Gasteiger partial charge on any atom is -0.486 e. The van der Waals surface area contributed by atoms with Crippen molar-refractivity contribution in [1.82, 2.24) is 9.62 Å². The Hall–Kier alpha value is -1.31. The van der Waals surface area contributed by atoms with Gasteiger partial charge in [0.25, 0.3) is 0 Å². The van der Waals surface area contributed by atoms with Crippen LogP contribution in [0.3, 0.4) is 0 Å². The lowest BCUT2D eigenvalue weighted by Crippen LogP contribution is -2.42. The van der Waals surface area contributed by atoms with E-state index in [9.17, 15) is 8.42 Å². The summed E-state index contributed by atoms with van der Waals surface area (Å²) >= 11 is 0. The van der Waals surface area contributed by atoms with Crippen LogP contribution in [0.4, 0.5) is 0 Å². The van der Waals surface area contributed by atoms with Crippen molar-refractivity contribution in [3.8, 4) is 11.5 Å². The molecule has 1 aromatic carbocycles. The molecule has 0 radical (unpaired) electrons. The zero-order valence-corrected chi connectivity index (χ0v) is 14.3. The van der Waals surface area contributed by atoms with Crippen molar-refractivity contribution in [2.45, 2.75) is 37.1 Å². The van der Waals surface area contributed by atoms with Crippen LogP contribution in [0.15, 0.2) is 23.1 Å². The molecule has 7 heteroatoms. The van der Waals surface area contributed by atoms with Gasteiger partial charge in [-0.05, 0) is 44.5 Å². The molecule has 1 aromatic rings. The Kier molecular flexibility index (Phi) is 5.08. The molecule has 1 fully saturated rings. The van der Waals surface area contributed by atoms with Gasteiger partial charge in [-0.3, -0.25) is 4.90 Å². The van der Waals surface area contributed by atoms with Crippen molar-refractivity contribution in [1.29, 1.82) is 0 Å². The Morgan fingerprint density at radius 3 is 2.57 bits per heavy atom. The number of ether oxygens (including phenoxy) is 2. The van der Waals surface area contributed by atoms with Crippen LogP contribution in [0.5, 0.6) is 11.5 Å². The van der Waals surface area contributed by atoms with E-state index in [-0.39, 0.29) is 10.9 Å². The van der Waals surface area contributed by atoms with Crippen molar-refractivity contribution in [2.24, 2.45) is 0 Å². The molecule has 2 aliphatic rings. The van der Waals surface area contributed by atoms with Crippen LogP contribution in [-0.2, 0) is 10.0 Å². The molecule has 1 atom stereocenters. The van der Waals surface area contributed by atoms with Crippen LogP contribution in [-0.4, -0.2) is 52.2 Å². The molecular weight excluding hydrogens is 316 g/mol. The minimum absolute atomic E-state index is 0.220. The highest BCUT2D eigenvalue weighted by atomic mass is 32.2. The van der Waals surface area contributed by atoms with Gasteiger partial charge in [0.1, 0.15) is 13.2 Å². The second-order valence-electron chi connectivity index (χ2n) is 5.96. The van der Waals surface area contributed by atoms with E-state index < -0.39 is 10.0 Å². The van der Waals surface area contributed by atoms with E-state index in [1.165, 1.54) is 18.9 Å². The lowest BCUT2D eigenvalue weighted by atomic mass is 10.2. The third-order valence-corrected chi connectivity index (χ3v) is 5.88. The predicted octanol–water partition coefficient (Wildman–Crippen LogP) is 1.61. The third-order valence-electron chi connectivity index (χ3n) is 4.46. The molecule has 6 nitrogen and oxygen atoms in total. The lowest BCUT2D eigenvalue weighted by molar-refractivity contribution is 0.171. The first kappa shape index (κ1) is 16.5. The smallest absolute Gasteiger partial charge is 0.240 e. The number of hydrogen-bond acceptors (Lipinski definition) is 5. The second-order valence-corrected chi connectivity index (χ2v) is 7.73. The van der Waals surface area contributed by atoms with E-state index in [0.717, 1.165) is 19.5 Å². The summed E-state index contributed by atoms with van der Waals surface area (Å²) in [4.78, 5) is 2.59. The second kappa shape index (κ2) is 7.07. The molecule has 0 amide bonds. The Balaban J connectivity index is 1.68. The van der Waals surface area contributed by atoms with Crippen LogP contribution >= 0.6 is 0 Å². The molecule has 2 aliphatic heterocycles. The first-order valence-electron chi connectivity index (χ1n) is 8.23. The van der Waals surface area contributed by atoms with Crippen LogP contribution in [0.1, 0.15) is 26.2 Å². The average molecular weight is 340 g/mol. The maximum absolute atomic E-state index is 12.5. The van der Waals surface area contributed by atoms with E-state index >= 15 is 0 Å². The number of likely N-dealkylation sites (tertiary alicyclic amines) is 1. The van der Waals surface area contributed by atoms with Gasteiger partial charge in [0.05, 0.1) is 4.90 Å². The number of rotatable bonds is 6. The minimum atomic E-state index is -3.54. The van der Waals surface area contributed by atoms with Gasteiger partial charge in [0, 0.05) is 18.7 Å². The predicted molar refractivity (Wildman–Crippen MR) is 87.5 cm³/mol. The molecule has 3 rings (SSSR count). The number of nitrogens with one attached hydrogen (secondary N) is 1. The van der Waals surface area contributed by atoms with Gasteiger partial charge < -0.3 is 9.47 Å². The lowest BCUT2D eigenvalue weighted by Gasteiger charge is -2.26. The molecule has 0 aromatic heterocycles. The average Bonchev–Trinajstić information content (AvgIpc) is 3.09. The fraction of sp³-hybridized carbons (Fsp3) is 0.625. The summed E-state index contributed by atoms with van der Waals surface area (Å²) in [5, 5.41) is 0. The van der Waals surface area contributed by atoms with Gasteiger partial charge in [-0.15, -0.1) is 0 Å². The number of nitrogens with zero attached hydrogens (tertiary/aromatic N) is 1. The number of fused-ring (bicyclic) bond motifs is 1. The van der Waals surface area contributed by atoms with Gasteiger partial charge >= 0.3 is 0 Å². The summed E-state index contributed by atoms with van der Waals surface area (Å²) in [5.41, 5.74) is 0.